The highest BCUT2D eigenvalue weighted by Gasteiger charge is 2.31. The number of aromatic nitrogens is 3. The molecule has 2 amide bonds. The van der Waals surface area contributed by atoms with Crippen LogP contribution in [0.3, 0.4) is 0 Å². The minimum absolute atomic E-state index is 0.0366. The molecule has 4 aromatic rings. The lowest BCUT2D eigenvalue weighted by molar-refractivity contribution is -0.118. The van der Waals surface area contributed by atoms with Crippen LogP contribution in [0.25, 0.3) is 11.0 Å². The van der Waals surface area contributed by atoms with E-state index in [1.165, 1.54) is 0 Å². The Labute approximate surface area is 217 Å². The van der Waals surface area contributed by atoms with Gasteiger partial charge in [-0.3, -0.25) is 14.6 Å². The summed E-state index contributed by atoms with van der Waals surface area (Å²) >= 11 is 0. The molecule has 2 aromatic carbocycles. The number of likely N-dealkylation sites (tertiary alicyclic amines) is 1. The van der Waals surface area contributed by atoms with Gasteiger partial charge in [0.1, 0.15) is 5.82 Å². The summed E-state index contributed by atoms with van der Waals surface area (Å²) in [5.41, 5.74) is 4.83. The van der Waals surface area contributed by atoms with Crippen LogP contribution in [0.1, 0.15) is 66.5 Å². The number of carbonyl (C=O) groups excluding carboxylic acids is 2. The van der Waals surface area contributed by atoms with Gasteiger partial charge in [-0.2, -0.15) is 0 Å². The molecule has 0 saturated carbocycles. The van der Waals surface area contributed by atoms with Crippen LogP contribution in [0.5, 0.6) is 0 Å². The largest absolute Gasteiger partial charge is 0.331 e. The van der Waals surface area contributed by atoms with E-state index in [1.54, 1.807) is 6.20 Å². The molecule has 0 aliphatic carbocycles. The van der Waals surface area contributed by atoms with Gasteiger partial charge in [0, 0.05) is 37.1 Å². The van der Waals surface area contributed by atoms with Gasteiger partial charge in [-0.1, -0.05) is 50.2 Å². The van der Waals surface area contributed by atoms with E-state index in [4.69, 9.17) is 4.98 Å². The molecule has 2 aromatic heterocycles. The highest BCUT2D eigenvalue weighted by Crippen LogP contribution is 2.34. The highest BCUT2D eigenvalue weighted by molar-refractivity contribution is 6.08. The average molecular weight is 496 g/mol. The molecule has 0 radical (unpaired) electrons. The molecular formula is C30H33N5O2. The number of piperidine rings is 1. The van der Waals surface area contributed by atoms with Crippen molar-refractivity contribution in [2.45, 2.75) is 52.6 Å². The van der Waals surface area contributed by atoms with Crippen molar-refractivity contribution in [3.8, 4) is 0 Å². The summed E-state index contributed by atoms with van der Waals surface area (Å²) in [5, 5.41) is 2.98. The number of benzene rings is 2. The number of rotatable bonds is 6. The van der Waals surface area contributed by atoms with Crippen molar-refractivity contribution in [2.75, 3.05) is 11.9 Å². The quantitative estimate of drug-likeness (QED) is 0.369. The third-order valence-corrected chi connectivity index (χ3v) is 7.07. The summed E-state index contributed by atoms with van der Waals surface area (Å²) in [6.45, 7) is 6.94. The van der Waals surface area contributed by atoms with Gasteiger partial charge >= 0.3 is 0 Å². The monoisotopic (exact) mass is 495 g/mol. The molecule has 0 unspecified atom stereocenters. The Morgan fingerprint density at radius 3 is 2.62 bits per heavy atom. The number of nitrogens with zero attached hydrogens (tertiary/aromatic N) is 4. The van der Waals surface area contributed by atoms with Gasteiger partial charge in [0.2, 0.25) is 5.91 Å². The third-order valence-electron chi connectivity index (χ3n) is 7.07. The molecule has 7 nitrogen and oxygen atoms in total. The van der Waals surface area contributed by atoms with Crippen LogP contribution in [0.4, 0.5) is 5.69 Å². The second-order valence-electron chi connectivity index (χ2n) is 10.1. The first-order valence-electron chi connectivity index (χ1n) is 13.0. The van der Waals surface area contributed by atoms with E-state index < -0.39 is 0 Å². The van der Waals surface area contributed by atoms with Gasteiger partial charge in [0.15, 0.2) is 0 Å². The van der Waals surface area contributed by atoms with Crippen LogP contribution in [0, 0.1) is 12.8 Å². The van der Waals surface area contributed by atoms with Crippen LogP contribution in [-0.2, 0) is 11.3 Å². The lowest BCUT2D eigenvalue weighted by Gasteiger charge is -2.36. The predicted octanol–water partition coefficient (Wildman–Crippen LogP) is 5.75. The molecule has 7 heteroatoms. The zero-order valence-corrected chi connectivity index (χ0v) is 21.6. The zero-order valence-electron chi connectivity index (χ0n) is 21.6. The summed E-state index contributed by atoms with van der Waals surface area (Å²) < 4.78 is 2.11. The molecule has 1 atom stereocenters. The smallest absolute Gasteiger partial charge is 0.256 e. The summed E-state index contributed by atoms with van der Waals surface area (Å²) in [6.07, 6.45) is 6.53. The van der Waals surface area contributed by atoms with E-state index in [-0.39, 0.29) is 23.8 Å². The zero-order chi connectivity index (χ0) is 25.9. The molecule has 1 saturated heterocycles. The Morgan fingerprint density at radius 1 is 1.08 bits per heavy atom. The number of pyridine rings is 1. The number of amides is 2. The van der Waals surface area contributed by atoms with Crippen molar-refractivity contribution >= 4 is 28.5 Å². The lowest BCUT2D eigenvalue weighted by Crippen LogP contribution is -2.38. The second kappa shape index (κ2) is 10.5. The number of carbonyl (C=O) groups is 2. The van der Waals surface area contributed by atoms with E-state index in [1.807, 2.05) is 74.3 Å². The summed E-state index contributed by atoms with van der Waals surface area (Å²) in [6, 6.07) is 17.8. The molecule has 3 heterocycles. The Bertz CT molecular complexity index is 1410. The summed E-state index contributed by atoms with van der Waals surface area (Å²) in [7, 11) is 0. The molecular weight excluding hydrogens is 462 g/mol. The number of fused-ring (bicyclic) bond motifs is 1. The van der Waals surface area contributed by atoms with E-state index in [9.17, 15) is 9.59 Å². The van der Waals surface area contributed by atoms with Crippen LogP contribution < -0.4 is 5.32 Å². The number of nitrogens with one attached hydrogen (secondary N) is 1. The fourth-order valence-electron chi connectivity index (χ4n) is 5.11. The van der Waals surface area contributed by atoms with Gasteiger partial charge in [-0.15, -0.1) is 0 Å². The second-order valence-corrected chi connectivity index (χ2v) is 10.1. The molecule has 1 N–H and O–H groups in total. The molecule has 1 aliphatic rings. The van der Waals surface area contributed by atoms with Crippen molar-refractivity contribution in [2.24, 2.45) is 5.92 Å². The Balaban J connectivity index is 1.63. The highest BCUT2D eigenvalue weighted by atomic mass is 16.2. The summed E-state index contributed by atoms with van der Waals surface area (Å²) in [4.78, 5) is 38.0. The number of hydrogen-bond acceptors (Lipinski definition) is 4. The maximum absolute atomic E-state index is 14.3. The first kappa shape index (κ1) is 24.7. The predicted molar refractivity (Wildman–Crippen MR) is 145 cm³/mol. The van der Waals surface area contributed by atoms with Crippen LogP contribution in [0.2, 0.25) is 0 Å². The van der Waals surface area contributed by atoms with Gasteiger partial charge in [0.05, 0.1) is 22.6 Å². The molecule has 0 bridgehead atoms. The average Bonchev–Trinajstić information content (AvgIpc) is 3.23. The van der Waals surface area contributed by atoms with Crippen molar-refractivity contribution < 1.29 is 9.59 Å². The minimum Gasteiger partial charge on any atom is -0.331 e. The molecule has 190 valence electrons. The number of anilines is 1. The number of imidazole rings is 1. The fourth-order valence-corrected chi connectivity index (χ4v) is 5.11. The molecule has 1 fully saturated rings. The number of aryl methyl sites for hydroxylation is 1. The van der Waals surface area contributed by atoms with Gasteiger partial charge in [-0.25, -0.2) is 4.98 Å². The maximum Gasteiger partial charge on any atom is 0.256 e. The Kier molecular flexibility index (Phi) is 7.04. The fraction of sp³-hybridized carbons (Fsp3) is 0.333. The maximum atomic E-state index is 14.3. The van der Waals surface area contributed by atoms with Crippen LogP contribution in [-0.4, -0.2) is 37.8 Å². The number of hydrogen-bond donors (Lipinski definition) is 1. The first-order valence-corrected chi connectivity index (χ1v) is 13.0. The molecule has 0 spiro atoms. The molecule has 37 heavy (non-hydrogen) atoms. The van der Waals surface area contributed by atoms with Gasteiger partial charge in [-0.05, 0) is 55.5 Å². The van der Waals surface area contributed by atoms with E-state index >= 15 is 0 Å². The third kappa shape index (κ3) is 5.12. The molecule has 5 rings (SSSR count). The van der Waals surface area contributed by atoms with Crippen LogP contribution >= 0.6 is 0 Å². The topological polar surface area (TPSA) is 80.1 Å². The Morgan fingerprint density at radius 2 is 1.89 bits per heavy atom. The summed E-state index contributed by atoms with van der Waals surface area (Å²) in [5.74, 6) is 0.504. The van der Waals surface area contributed by atoms with Crippen molar-refractivity contribution in [1.29, 1.82) is 0 Å². The van der Waals surface area contributed by atoms with Crippen molar-refractivity contribution in [1.82, 2.24) is 19.4 Å². The normalized spacial score (nSPS) is 15.8. The SMILES string of the molecule is Cc1nc2cc(NC(=O)C(C)C)cc(C(=O)N3CCCC[C@H]3c3cccnc3)c2n1Cc1ccccc1. The molecule has 1 aliphatic heterocycles. The van der Waals surface area contributed by atoms with E-state index in [0.29, 0.717) is 29.9 Å². The van der Waals surface area contributed by atoms with Gasteiger partial charge < -0.3 is 14.8 Å². The minimum atomic E-state index is -0.177. The van der Waals surface area contributed by atoms with Crippen molar-refractivity contribution in [3.63, 3.8) is 0 Å². The van der Waals surface area contributed by atoms with Gasteiger partial charge in [0.25, 0.3) is 5.91 Å². The van der Waals surface area contributed by atoms with Crippen molar-refractivity contribution in [3.05, 3.63) is 89.5 Å². The Hall–Kier alpha value is -4.00. The van der Waals surface area contributed by atoms with Crippen LogP contribution in [0.15, 0.2) is 67.0 Å². The van der Waals surface area contributed by atoms with E-state index in [2.05, 4.69) is 27.0 Å². The lowest BCUT2D eigenvalue weighted by atomic mass is 9.95. The standard InChI is InChI=1S/C30H33N5O2/c1-20(2)29(36)33-24-16-25(30(37)34-15-8-7-13-27(34)23-12-9-14-31-18-23)28-26(17-24)32-21(3)35(28)19-22-10-5-4-6-11-22/h4-6,9-12,14,16-18,20,27H,7-8,13,15,19H2,1-3H3,(H,33,36)/t27-/m0/s1. The first-order chi connectivity index (χ1) is 17.9. The van der Waals surface area contributed by atoms with E-state index in [0.717, 1.165) is 41.7 Å².